The van der Waals surface area contributed by atoms with E-state index in [9.17, 15) is 13.2 Å². The number of Topliss-reactive ketones (excluding diaryl/α,β-unsaturated/α-hetero) is 1. The zero-order valence-corrected chi connectivity index (χ0v) is 11.9. The minimum Gasteiger partial charge on any atom is -0.400 e. The van der Waals surface area contributed by atoms with E-state index in [1.54, 1.807) is 26.0 Å². The molecule has 19 heavy (non-hydrogen) atoms. The lowest BCUT2D eigenvalue weighted by Gasteiger charge is -2.34. The molecule has 0 saturated heterocycles. The number of carbonyl (C=O) groups is 1. The van der Waals surface area contributed by atoms with Gasteiger partial charge in [-0.1, -0.05) is 12.1 Å². The molecule has 2 N–H and O–H groups in total. The van der Waals surface area contributed by atoms with Gasteiger partial charge in [0.25, 0.3) is 10.0 Å². The van der Waals surface area contributed by atoms with Gasteiger partial charge in [-0.25, -0.2) is 8.42 Å². The zero-order chi connectivity index (χ0) is 14.4. The molecule has 6 heteroatoms. The Kier molecular flexibility index (Phi) is 3.14. The molecule has 0 amide bonds. The molecule has 1 heterocycles. The van der Waals surface area contributed by atoms with Gasteiger partial charge in [0.15, 0.2) is 0 Å². The molecule has 102 valence electrons. The third kappa shape index (κ3) is 1.92. The fourth-order valence-electron chi connectivity index (χ4n) is 2.22. The summed E-state index contributed by atoms with van der Waals surface area (Å²) in [4.78, 5) is 12.5. The molecule has 1 aromatic carbocycles. The molecule has 1 aromatic rings. The van der Waals surface area contributed by atoms with Crippen LogP contribution in [0.3, 0.4) is 0 Å². The molecule has 2 rings (SSSR count). The van der Waals surface area contributed by atoms with E-state index in [1.165, 1.54) is 19.1 Å². The second kappa shape index (κ2) is 4.38. The summed E-state index contributed by atoms with van der Waals surface area (Å²) < 4.78 is 26.3. The van der Waals surface area contributed by atoms with Crippen molar-refractivity contribution >= 4 is 15.8 Å². The molecule has 0 spiro atoms. The van der Waals surface area contributed by atoms with Crippen molar-refractivity contribution in [3.63, 3.8) is 0 Å². The second-order valence-corrected chi connectivity index (χ2v) is 6.53. The Morgan fingerprint density at radius 3 is 2.37 bits per heavy atom. The summed E-state index contributed by atoms with van der Waals surface area (Å²) in [6, 6.07) is 5.82. The predicted octanol–water partition coefficient (Wildman–Crippen LogP) is 1.47. The average molecular weight is 280 g/mol. The highest BCUT2D eigenvalue weighted by Gasteiger charge is 2.41. The van der Waals surface area contributed by atoms with Crippen LogP contribution in [0.15, 0.2) is 40.6 Å². The lowest BCUT2D eigenvalue weighted by atomic mass is 10.1. The first-order chi connectivity index (χ1) is 8.78. The van der Waals surface area contributed by atoms with Gasteiger partial charge in [-0.2, -0.15) is 0 Å². The number of sulfonamides is 1. The summed E-state index contributed by atoms with van der Waals surface area (Å²) >= 11 is 0. The van der Waals surface area contributed by atoms with Crippen molar-refractivity contribution in [3.05, 3.63) is 41.2 Å². The Hall–Kier alpha value is -1.82. The van der Waals surface area contributed by atoms with E-state index in [0.29, 0.717) is 0 Å². The van der Waals surface area contributed by atoms with Crippen LogP contribution in [0.4, 0.5) is 0 Å². The number of benzene rings is 1. The van der Waals surface area contributed by atoms with Crippen LogP contribution < -0.4 is 5.73 Å². The van der Waals surface area contributed by atoms with E-state index in [0.717, 1.165) is 4.31 Å². The van der Waals surface area contributed by atoms with Gasteiger partial charge in [-0.15, -0.1) is 0 Å². The maximum atomic E-state index is 12.6. The smallest absolute Gasteiger partial charge is 0.265 e. The van der Waals surface area contributed by atoms with Gasteiger partial charge in [-0.3, -0.25) is 9.10 Å². The number of ketones is 1. The van der Waals surface area contributed by atoms with Crippen molar-refractivity contribution in [2.24, 2.45) is 5.73 Å². The minimum atomic E-state index is -3.73. The van der Waals surface area contributed by atoms with Crippen LogP contribution in [0.1, 0.15) is 31.1 Å². The normalized spacial score (nSPS) is 20.4. The van der Waals surface area contributed by atoms with E-state index >= 15 is 0 Å². The van der Waals surface area contributed by atoms with Gasteiger partial charge in [0.2, 0.25) is 5.78 Å². The molecule has 0 atom stereocenters. The van der Waals surface area contributed by atoms with Crippen molar-refractivity contribution < 1.29 is 13.2 Å². The highest BCUT2D eigenvalue weighted by Crippen LogP contribution is 2.34. The Bertz CT molecular complexity index is 671. The highest BCUT2D eigenvalue weighted by atomic mass is 32.2. The number of rotatable bonds is 1. The lowest BCUT2D eigenvalue weighted by Crippen LogP contribution is -2.44. The van der Waals surface area contributed by atoms with Crippen molar-refractivity contribution in [3.8, 4) is 0 Å². The van der Waals surface area contributed by atoms with Crippen LogP contribution in [0.5, 0.6) is 0 Å². The first kappa shape index (κ1) is 13.6. The van der Waals surface area contributed by atoms with E-state index in [2.05, 4.69) is 0 Å². The number of nitrogens with two attached hydrogens (primary N) is 1. The molecule has 0 bridgehead atoms. The second-order valence-electron chi connectivity index (χ2n) is 4.75. The minimum absolute atomic E-state index is 0.0405. The molecule has 5 nitrogen and oxygen atoms in total. The fraction of sp³-hybridized carbons (Fsp3) is 0.308. The topological polar surface area (TPSA) is 80.5 Å². The van der Waals surface area contributed by atoms with E-state index in [1.807, 2.05) is 0 Å². The summed E-state index contributed by atoms with van der Waals surface area (Å²) in [6.45, 7) is 4.95. The number of fused-ring (bicyclic) bond motifs is 1. The van der Waals surface area contributed by atoms with Crippen molar-refractivity contribution in [1.29, 1.82) is 0 Å². The highest BCUT2D eigenvalue weighted by molar-refractivity contribution is 7.89. The summed E-state index contributed by atoms with van der Waals surface area (Å²) in [6.07, 6.45) is 0. The molecular weight excluding hydrogens is 264 g/mol. The monoisotopic (exact) mass is 280 g/mol. The predicted molar refractivity (Wildman–Crippen MR) is 71.8 cm³/mol. The zero-order valence-electron chi connectivity index (χ0n) is 11.0. The van der Waals surface area contributed by atoms with Gasteiger partial charge in [0.05, 0.1) is 4.90 Å². The van der Waals surface area contributed by atoms with Gasteiger partial charge in [0.1, 0.15) is 5.70 Å². The van der Waals surface area contributed by atoms with Crippen LogP contribution in [0.25, 0.3) is 0 Å². The number of hydrogen-bond donors (Lipinski definition) is 1. The van der Waals surface area contributed by atoms with Crippen LogP contribution >= 0.6 is 0 Å². The first-order valence-corrected chi connectivity index (χ1v) is 7.37. The Labute approximate surface area is 112 Å². The molecular formula is C13H16N2O3S. The number of allylic oxidation sites excluding steroid dienone is 2. The van der Waals surface area contributed by atoms with E-state index in [4.69, 9.17) is 5.73 Å². The summed E-state index contributed by atoms with van der Waals surface area (Å²) in [5.74, 6) is -0.348. The first-order valence-electron chi connectivity index (χ1n) is 5.93. The number of nitrogens with zero attached hydrogens (tertiary/aromatic N) is 1. The fourth-order valence-corrected chi connectivity index (χ4v) is 4.15. The third-order valence-corrected chi connectivity index (χ3v) is 4.98. The Morgan fingerprint density at radius 2 is 1.84 bits per heavy atom. The van der Waals surface area contributed by atoms with Crippen molar-refractivity contribution in [2.75, 3.05) is 0 Å². The number of hydrogen-bond acceptors (Lipinski definition) is 4. The van der Waals surface area contributed by atoms with Crippen molar-refractivity contribution in [1.82, 2.24) is 4.31 Å². The summed E-state index contributed by atoms with van der Waals surface area (Å²) in [5, 5.41) is 0. The van der Waals surface area contributed by atoms with Crippen molar-refractivity contribution in [2.45, 2.75) is 31.7 Å². The molecule has 0 radical (unpaired) electrons. The molecule has 0 saturated carbocycles. The van der Waals surface area contributed by atoms with Gasteiger partial charge in [0, 0.05) is 17.3 Å². The standard InChI is InChI=1S/C13H16N2O3S/c1-8(2)15-12(9(3)14)13(16)10-6-4-5-7-11(10)19(15,17)18/h4-8H,14H2,1-3H3. The van der Waals surface area contributed by atoms with Gasteiger partial charge in [-0.05, 0) is 32.9 Å². The maximum Gasteiger partial charge on any atom is 0.265 e. The van der Waals surface area contributed by atoms with Crippen LogP contribution in [0.2, 0.25) is 0 Å². The molecule has 1 aliphatic heterocycles. The molecule has 0 aromatic heterocycles. The quantitative estimate of drug-likeness (QED) is 0.790. The van der Waals surface area contributed by atoms with E-state index < -0.39 is 10.0 Å². The number of carbonyl (C=O) groups excluding carboxylic acids is 1. The molecule has 1 aliphatic rings. The largest absolute Gasteiger partial charge is 0.400 e. The molecule has 0 aliphatic carbocycles. The van der Waals surface area contributed by atoms with E-state index in [-0.39, 0.29) is 33.7 Å². The maximum absolute atomic E-state index is 12.6. The Balaban J connectivity index is 2.86. The molecule has 0 fully saturated rings. The van der Waals surface area contributed by atoms with Crippen LogP contribution in [-0.2, 0) is 10.0 Å². The average Bonchev–Trinajstić information content (AvgIpc) is 2.32. The lowest BCUT2D eigenvalue weighted by molar-refractivity contribution is 0.0992. The summed E-state index contributed by atoms with van der Waals surface area (Å²) in [5.41, 5.74) is 6.15. The third-order valence-electron chi connectivity index (χ3n) is 2.95. The molecule has 0 unspecified atom stereocenters. The van der Waals surface area contributed by atoms with Crippen LogP contribution in [-0.4, -0.2) is 24.5 Å². The van der Waals surface area contributed by atoms with Gasteiger partial charge >= 0.3 is 0 Å². The van der Waals surface area contributed by atoms with Crippen LogP contribution in [0, 0.1) is 0 Å². The summed E-state index contributed by atoms with van der Waals surface area (Å²) in [7, 11) is -3.73. The van der Waals surface area contributed by atoms with Gasteiger partial charge < -0.3 is 5.73 Å². The SMILES string of the molecule is CC(N)=C1C(=O)c2ccccc2S(=O)(=O)N1C(C)C. The Morgan fingerprint density at radius 1 is 1.26 bits per heavy atom.